The highest BCUT2D eigenvalue weighted by atomic mass is 16.3. The van der Waals surface area contributed by atoms with Gasteiger partial charge in [0.1, 0.15) is 0 Å². The summed E-state index contributed by atoms with van der Waals surface area (Å²) in [6.07, 6.45) is 14.5. The molecule has 1 nitrogen and oxygen atoms in total. The summed E-state index contributed by atoms with van der Waals surface area (Å²) in [6, 6.07) is 0. The summed E-state index contributed by atoms with van der Waals surface area (Å²) in [5.41, 5.74) is 0. The van der Waals surface area contributed by atoms with Crippen molar-refractivity contribution in [3.8, 4) is 0 Å². The fraction of sp³-hybridized carbons (Fsp3) is 0.500. The molecule has 0 heterocycles. The highest BCUT2D eigenvalue weighted by Crippen LogP contribution is 1.95. The summed E-state index contributed by atoms with van der Waals surface area (Å²) in [5, 5.41) is 9.24. The lowest BCUT2D eigenvalue weighted by Crippen LogP contribution is -1.94. The topological polar surface area (TPSA) is 20.2 Å². The molecule has 0 amide bonds. The molecule has 0 radical (unpaired) electrons. The maximum absolute atomic E-state index is 9.24. The van der Waals surface area contributed by atoms with Gasteiger partial charge in [0, 0.05) is 0 Å². The van der Waals surface area contributed by atoms with Gasteiger partial charge in [0.25, 0.3) is 0 Å². The minimum absolute atomic E-state index is 0.444. The number of allylic oxidation sites excluding steroid dienone is 4. The van der Waals surface area contributed by atoms with Crippen molar-refractivity contribution in [3.63, 3.8) is 0 Å². The lowest BCUT2D eigenvalue weighted by atomic mass is 10.2. The van der Waals surface area contributed by atoms with Crippen molar-refractivity contribution in [2.24, 2.45) is 0 Å². The van der Waals surface area contributed by atoms with E-state index in [0.29, 0.717) is 0 Å². The molecule has 0 fully saturated rings. The van der Waals surface area contributed by atoms with Gasteiger partial charge in [0.15, 0.2) is 0 Å². The van der Waals surface area contributed by atoms with Crippen molar-refractivity contribution >= 4 is 0 Å². The van der Waals surface area contributed by atoms with Gasteiger partial charge in [-0.1, -0.05) is 56.2 Å². The van der Waals surface area contributed by atoms with Crippen molar-refractivity contribution in [2.45, 2.75) is 39.2 Å². The lowest BCUT2D eigenvalue weighted by Gasteiger charge is -1.93. The predicted molar refractivity (Wildman–Crippen MR) is 58.6 cm³/mol. The Kier molecular flexibility index (Phi) is 8.68. The van der Waals surface area contributed by atoms with E-state index in [9.17, 15) is 5.11 Å². The molecule has 13 heavy (non-hydrogen) atoms. The van der Waals surface area contributed by atoms with Gasteiger partial charge >= 0.3 is 0 Å². The highest BCUT2D eigenvalue weighted by Gasteiger charge is 1.86. The third kappa shape index (κ3) is 9.09. The van der Waals surface area contributed by atoms with Crippen molar-refractivity contribution in [3.05, 3.63) is 36.5 Å². The lowest BCUT2D eigenvalue weighted by molar-refractivity contribution is 0.271. The second-order valence-electron chi connectivity index (χ2n) is 2.97. The maximum atomic E-state index is 9.24. The first-order chi connectivity index (χ1) is 6.31. The normalized spacial score (nSPS) is 15.0. The molecular weight excluding hydrogens is 160 g/mol. The minimum Gasteiger partial charge on any atom is -0.385 e. The van der Waals surface area contributed by atoms with Crippen molar-refractivity contribution in [2.75, 3.05) is 0 Å². The molecule has 0 aliphatic rings. The van der Waals surface area contributed by atoms with E-state index in [1.54, 1.807) is 12.2 Å². The standard InChI is InChI=1S/C12H20O/c1-3-5-6-7-8-9-11-12(13)10-4-2/h4,7-13H,3,5-6H2,1-2H3. The molecule has 0 bridgehead atoms. The van der Waals surface area contributed by atoms with Crippen LogP contribution in [-0.2, 0) is 0 Å². The largest absolute Gasteiger partial charge is 0.385 e. The Balaban J connectivity index is 3.55. The van der Waals surface area contributed by atoms with Crippen LogP contribution in [0.3, 0.4) is 0 Å². The average Bonchev–Trinajstić information content (AvgIpc) is 2.11. The zero-order valence-corrected chi connectivity index (χ0v) is 8.61. The zero-order chi connectivity index (χ0) is 9.94. The Hall–Kier alpha value is -0.820. The monoisotopic (exact) mass is 180 g/mol. The number of rotatable bonds is 6. The first-order valence-electron chi connectivity index (χ1n) is 4.95. The summed E-state index contributed by atoms with van der Waals surface area (Å²) < 4.78 is 0. The fourth-order valence-electron chi connectivity index (χ4n) is 0.936. The van der Waals surface area contributed by atoms with Crippen LogP contribution < -0.4 is 0 Å². The summed E-state index contributed by atoms with van der Waals surface area (Å²) >= 11 is 0. The number of aliphatic hydroxyl groups is 1. The molecule has 74 valence electrons. The van der Waals surface area contributed by atoms with Crippen LogP contribution in [0.2, 0.25) is 0 Å². The van der Waals surface area contributed by atoms with Gasteiger partial charge in [0.05, 0.1) is 6.10 Å². The maximum Gasteiger partial charge on any atom is 0.0905 e. The van der Waals surface area contributed by atoms with Crippen LogP contribution in [0.1, 0.15) is 33.1 Å². The quantitative estimate of drug-likeness (QED) is 0.378. The van der Waals surface area contributed by atoms with E-state index in [1.165, 1.54) is 12.8 Å². The summed E-state index contributed by atoms with van der Waals surface area (Å²) in [4.78, 5) is 0. The number of aliphatic hydroxyl groups excluding tert-OH is 1. The third-order valence-corrected chi connectivity index (χ3v) is 1.67. The molecule has 0 saturated heterocycles. The molecule has 1 atom stereocenters. The Morgan fingerprint density at radius 1 is 1.23 bits per heavy atom. The number of hydrogen-bond donors (Lipinski definition) is 1. The number of unbranched alkanes of at least 4 members (excludes halogenated alkanes) is 2. The molecule has 1 heteroatoms. The van der Waals surface area contributed by atoms with Crippen LogP contribution in [-0.4, -0.2) is 11.2 Å². The van der Waals surface area contributed by atoms with Crippen LogP contribution >= 0.6 is 0 Å². The summed E-state index contributed by atoms with van der Waals surface area (Å²) in [6.45, 7) is 4.08. The molecular formula is C12H20O. The minimum atomic E-state index is -0.444. The van der Waals surface area contributed by atoms with E-state index >= 15 is 0 Å². The highest BCUT2D eigenvalue weighted by molar-refractivity contribution is 5.08. The molecule has 0 spiro atoms. The Morgan fingerprint density at radius 3 is 2.62 bits per heavy atom. The first kappa shape index (κ1) is 12.2. The molecule has 0 aliphatic heterocycles. The van der Waals surface area contributed by atoms with E-state index in [1.807, 2.05) is 25.2 Å². The van der Waals surface area contributed by atoms with Gasteiger partial charge in [-0.05, 0) is 13.3 Å². The van der Waals surface area contributed by atoms with E-state index in [4.69, 9.17) is 0 Å². The number of hydrogen-bond acceptors (Lipinski definition) is 1. The van der Waals surface area contributed by atoms with E-state index in [-0.39, 0.29) is 0 Å². The second kappa shape index (κ2) is 9.27. The Labute approximate surface area is 81.5 Å². The van der Waals surface area contributed by atoms with Crippen LogP contribution in [0.25, 0.3) is 0 Å². The fourth-order valence-corrected chi connectivity index (χ4v) is 0.936. The van der Waals surface area contributed by atoms with Crippen molar-refractivity contribution in [1.29, 1.82) is 0 Å². The van der Waals surface area contributed by atoms with Gasteiger partial charge in [-0.3, -0.25) is 0 Å². The van der Waals surface area contributed by atoms with Gasteiger partial charge in [-0.15, -0.1) is 0 Å². The summed E-state index contributed by atoms with van der Waals surface area (Å²) in [7, 11) is 0. The smallest absolute Gasteiger partial charge is 0.0905 e. The van der Waals surface area contributed by atoms with Crippen molar-refractivity contribution < 1.29 is 5.11 Å². The van der Waals surface area contributed by atoms with Gasteiger partial charge in [-0.25, -0.2) is 0 Å². The van der Waals surface area contributed by atoms with Crippen LogP contribution in [0.4, 0.5) is 0 Å². The Bertz CT molecular complexity index is 178. The van der Waals surface area contributed by atoms with Gasteiger partial charge in [0.2, 0.25) is 0 Å². The first-order valence-corrected chi connectivity index (χ1v) is 4.95. The van der Waals surface area contributed by atoms with E-state index < -0.39 is 6.10 Å². The molecule has 0 aromatic heterocycles. The van der Waals surface area contributed by atoms with Crippen molar-refractivity contribution in [1.82, 2.24) is 0 Å². The molecule has 0 aliphatic carbocycles. The van der Waals surface area contributed by atoms with Gasteiger partial charge in [-0.2, -0.15) is 0 Å². The zero-order valence-electron chi connectivity index (χ0n) is 8.61. The van der Waals surface area contributed by atoms with Crippen LogP contribution in [0.5, 0.6) is 0 Å². The molecule has 1 unspecified atom stereocenters. The third-order valence-electron chi connectivity index (χ3n) is 1.67. The molecule has 0 saturated carbocycles. The van der Waals surface area contributed by atoms with E-state index in [0.717, 1.165) is 6.42 Å². The van der Waals surface area contributed by atoms with E-state index in [2.05, 4.69) is 13.0 Å². The average molecular weight is 180 g/mol. The molecule has 1 N–H and O–H groups in total. The van der Waals surface area contributed by atoms with Gasteiger partial charge < -0.3 is 5.11 Å². The molecule has 0 rings (SSSR count). The SMILES string of the molecule is CC=CC(O)C=CC=CCCCC. The molecule has 0 aromatic carbocycles. The van der Waals surface area contributed by atoms with Crippen LogP contribution in [0, 0.1) is 0 Å². The predicted octanol–water partition coefficient (Wildman–Crippen LogP) is 3.23. The van der Waals surface area contributed by atoms with Crippen LogP contribution in [0.15, 0.2) is 36.5 Å². The molecule has 0 aromatic rings. The summed E-state index contributed by atoms with van der Waals surface area (Å²) in [5.74, 6) is 0. The second-order valence-corrected chi connectivity index (χ2v) is 2.97. The Morgan fingerprint density at radius 2 is 2.00 bits per heavy atom.